The minimum absolute atomic E-state index is 0.218. The van der Waals surface area contributed by atoms with Gasteiger partial charge >= 0.3 is 0 Å². The first-order valence-electron chi connectivity index (χ1n) is 2.53. The van der Waals surface area contributed by atoms with Gasteiger partial charge in [-0.1, -0.05) is 6.92 Å². The van der Waals surface area contributed by atoms with Gasteiger partial charge in [0, 0.05) is 5.75 Å². The van der Waals surface area contributed by atoms with Crippen LogP contribution in [0.5, 0.6) is 0 Å². The van der Waals surface area contributed by atoms with Crippen LogP contribution in [0.25, 0.3) is 0 Å². The van der Waals surface area contributed by atoms with E-state index in [4.69, 9.17) is 0 Å². The van der Waals surface area contributed by atoms with Gasteiger partial charge in [0.15, 0.2) is 9.84 Å². The molecule has 0 saturated heterocycles. The Morgan fingerprint density at radius 3 is 1.75 bits per heavy atom. The highest BCUT2D eigenvalue weighted by Gasteiger charge is 2.12. The Morgan fingerprint density at radius 2 is 1.75 bits per heavy atom. The average Bonchev–Trinajstić information content (AvgIpc) is 1.67. The Balaban J connectivity index is 4.17. The van der Waals surface area contributed by atoms with Crippen LogP contribution in [-0.4, -0.2) is 14.2 Å². The summed E-state index contributed by atoms with van der Waals surface area (Å²) < 4.78 is 21.3. The van der Waals surface area contributed by atoms with Crippen LogP contribution in [0.4, 0.5) is 0 Å². The molecule has 0 aliphatic heterocycles. The van der Waals surface area contributed by atoms with Gasteiger partial charge in [-0.05, 0) is 13.8 Å². The lowest BCUT2D eigenvalue weighted by Gasteiger charge is -2.00. The predicted molar refractivity (Wildman–Crippen MR) is 34.1 cm³/mol. The monoisotopic (exact) mass is 135 g/mol. The van der Waals surface area contributed by atoms with E-state index in [9.17, 15) is 8.42 Å². The van der Waals surface area contributed by atoms with Gasteiger partial charge in [-0.2, -0.15) is 0 Å². The molecule has 49 valence electrons. The largest absolute Gasteiger partial charge is 0.228 e. The SMILES string of the molecule is CCS(=O)(=O)[C](C)C. The van der Waals surface area contributed by atoms with Gasteiger partial charge in [0.1, 0.15) is 0 Å². The molecule has 0 amide bonds. The van der Waals surface area contributed by atoms with E-state index in [-0.39, 0.29) is 5.75 Å². The molecule has 2 nitrogen and oxygen atoms in total. The first-order chi connectivity index (χ1) is 3.50. The molecule has 0 bridgehead atoms. The molecule has 0 unspecified atom stereocenters. The van der Waals surface area contributed by atoms with Crippen molar-refractivity contribution in [1.29, 1.82) is 0 Å². The van der Waals surface area contributed by atoms with Crippen molar-refractivity contribution >= 4 is 9.84 Å². The lowest BCUT2D eigenvalue weighted by atomic mass is 10.6. The van der Waals surface area contributed by atoms with Crippen LogP contribution >= 0.6 is 0 Å². The maximum atomic E-state index is 10.7. The Morgan fingerprint density at radius 1 is 1.38 bits per heavy atom. The van der Waals surface area contributed by atoms with Crippen molar-refractivity contribution in [3.8, 4) is 0 Å². The van der Waals surface area contributed by atoms with Crippen molar-refractivity contribution in [3.05, 3.63) is 5.25 Å². The second-order valence-electron chi connectivity index (χ2n) is 1.81. The van der Waals surface area contributed by atoms with E-state index in [0.717, 1.165) is 0 Å². The molecular weight excluding hydrogens is 124 g/mol. The van der Waals surface area contributed by atoms with Gasteiger partial charge in [-0.3, -0.25) is 0 Å². The van der Waals surface area contributed by atoms with E-state index >= 15 is 0 Å². The van der Waals surface area contributed by atoms with E-state index in [0.29, 0.717) is 5.25 Å². The average molecular weight is 135 g/mol. The molecule has 0 N–H and O–H groups in total. The molecule has 0 spiro atoms. The quantitative estimate of drug-likeness (QED) is 0.566. The summed E-state index contributed by atoms with van der Waals surface area (Å²) in [6, 6.07) is 0. The summed E-state index contributed by atoms with van der Waals surface area (Å²) >= 11 is 0. The van der Waals surface area contributed by atoms with Gasteiger partial charge < -0.3 is 0 Å². The smallest absolute Gasteiger partial charge is 0.156 e. The van der Waals surface area contributed by atoms with Gasteiger partial charge in [-0.25, -0.2) is 8.42 Å². The van der Waals surface area contributed by atoms with Crippen molar-refractivity contribution < 1.29 is 8.42 Å². The lowest BCUT2D eigenvalue weighted by Crippen LogP contribution is -2.07. The lowest BCUT2D eigenvalue weighted by molar-refractivity contribution is 0.598. The maximum absolute atomic E-state index is 10.7. The molecule has 0 aromatic rings. The maximum Gasteiger partial charge on any atom is 0.156 e. The highest BCUT2D eigenvalue weighted by molar-refractivity contribution is 7.94. The summed E-state index contributed by atoms with van der Waals surface area (Å²) in [5.74, 6) is 0.218. The number of sulfone groups is 1. The van der Waals surface area contributed by atoms with E-state index < -0.39 is 9.84 Å². The standard InChI is InChI=1S/C5H11O2S/c1-4-8(6,7)5(2)3/h4H2,1-3H3. The fourth-order valence-electron chi connectivity index (χ4n) is 0.289. The number of hydrogen-bond donors (Lipinski definition) is 0. The first kappa shape index (κ1) is 7.95. The molecule has 0 heterocycles. The molecule has 0 rings (SSSR count). The van der Waals surface area contributed by atoms with Crippen LogP contribution in [0.1, 0.15) is 20.8 Å². The first-order valence-corrected chi connectivity index (χ1v) is 4.19. The van der Waals surface area contributed by atoms with Crippen molar-refractivity contribution in [1.82, 2.24) is 0 Å². The van der Waals surface area contributed by atoms with E-state index in [2.05, 4.69) is 0 Å². The van der Waals surface area contributed by atoms with Gasteiger partial charge in [0.05, 0.1) is 5.25 Å². The van der Waals surface area contributed by atoms with E-state index in [1.165, 1.54) is 0 Å². The second kappa shape index (κ2) is 2.49. The van der Waals surface area contributed by atoms with Crippen molar-refractivity contribution in [2.75, 3.05) is 5.75 Å². The van der Waals surface area contributed by atoms with Crippen LogP contribution in [-0.2, 0) is 9.84 Å². The van der Waals surface area contributed by atoms with Crippen molar-refractivity contribution in [2.45, 2.75) is 20.8 Å². The van der Waals surface area contributed by atoms with Crippen molar-refractivity contribution in [2.24, 2.45) is 0 Å². The van der Waals surface area contributed by atoms with Crippen LogP contribution in [0.15, 0.2) is 0 Å². The fraction of sp³-hybridized carbons (Fsp3) is 0.800. The van der Waals surface area contributed by atoms with Gasteiger partial charge in [0.25, 0.3) is 0 Å². The minimum atomic E-state index is -2.82. The van der Waals surface area contributed by atoms with Crippen molar-refractivity contribution in [3.63, 3.8) is 0 Å². The van der Waals surface area contributed by atoms with Crippen LogP contribution < -0.4 is 0 Å². The summed E-state index contributed by atoms with van der Waals surface area (Å²) in [5, 5.41) is 0.500. The fourth-order valence-corrected chi connectivity index (χ4v) is 0.866. The summed E-state index contributed by atoms with van der Waals surface area (Å²) in [7, 11) is -2.82. The topological polar surface area (TPSA) is 34.1 Å². The normalized spacial score (nSPS) is 12.5. The summed E-state index contributed by atoms with van der Waals surface area (Å²) in [6.07, 6.45) is 0. The second-order valence-corrected chi connectivity index (χ2v) is 4.44. The molecule has 0 aliphatic carbocycles. The van der Waals surface area contributed by atoms with Crippen LogP contribution in [0.3, 0.4) is 0 Å². The van der Waals surface area contributed by atoms with Gasteiger partial charge in [-0.15, -0.1) is 0 Å². The molecule has 0 saturated carbocycles. The Kier molecular flexibility index (Phi) is 2.47. The molecular formula is C5H11O2S. The molecule has 3 heteroatoms. The predicted octanol–water partition coefficient (Wildman–Crippen LogP) is 0.993. The number of rotatable bonds is 2. The Labute approximate surface area is 50.8 Å². The third-order valence-electron chi connectivity index (χ3n) is 1.00. The summed E-state index contributed by atoms with van der Waals surface area (Å²) in [4.78, 5) is 0. The molecule has 8 heavy (non-hydrogen) atoms. The molecule has 0 aliphatic rings. The Hall–Kier alpha value is -0.0500. The summed E-state index contributed by atoms with van der Waals surface area (Å²) in [5.41, 5.74) is 0. The number of hydrogen-bond acceptors (Lipinski definition) is 2. The summed E-state index contributed by atoms with van der Waals surface area (Å²) in [6.45, 7) is 4.86. The van der Waals surface area contributed by atoms with E-state index in [1.54, 1.807) is 20.8 Å². The molecule has 0 fully saturated rings. The van der Waals surface area contributed by atoms with Crippen LogP contribution in [0, 0.1) is 5.25 Å². The zero-order valence-electron chi connectivity index (χ0n) is 5.43. The zero-order valence-corrected chi connectivity index (χ0v) is 6.25. The Bertz CT molecular complexity index is 144. The highest BCUT2D eigenvalue weighted by Crippen LogP contribution is 2.06. The third kappa shape index (κ3) is 1.82. The zero-order chi connectivity index (χ0) is 6.78. The van der Waals surface area contributed by atoms with Crippen LogP contribution in [0.2, 0.25) is 0 Å². The highest BCUT2D eigenvalue weighted by atomic mass is 32.2. The minimum Gasteiger partial charge on any atom is -0.228 e. The molecule has 0 aromatic heterocycles. The third-order valence-corrected chi connectivity index (χ3v) is 3.01. The molecule has 0 aromatic carbocycles. The molecule has 1 radical (unpaired) electrons. The molecule has 0 atom stereocenters. The van der Waals surface area contributed by atoms with E-state index in [1.807, 2.05) is 0 Å². The van der Waals surface area contributed by atoms with Gasteiger partial charge in [0.2, 0.25) is 0 Å².